The summed E-state index contributed by atoms with van der Waals surface area (Å²) >= 11 is 0. The normalized spacial score (nSPS) is 12.7. The number of esters is 3. The fourth-order valence-electron chi connectivity index (χ4n) is 8.33. The molecule has 0 unspecified atom stereocenters. The summed E-state index contributed by atoms with van der Waals surface area (Å²) in [5, 5.41) is 0. The van der Waals surface area contributed by atoms with Crippen LogP contribution in [0, 0.1) is 0 Å². The first kappa shape index (κ1) is 67.6. The number of carbonyl (C=O) groups excluding carboxylic acids is 3. The number of carbonyl (C=O) groups is 3. The van der Waals surface area contributed by atoms with Crippen molar-refractivity contribution in [3.63, 3.8) is 0 Å². The molecule has 408 valence electrons. The van der Waals surface area contributed by atoms with E-state index in [9.17, 15) is 14.4 Å². The van der Waals surface area contributed by atoms with Crippen LogP contribution in [-0.2, 0) is 28.6 Å². The van der Waals surface area contributed by atoms with Gasteiger partial charge in [-0.1, -0.05) is 260 Å². The van der Waals surface area contributed by atoms with E-state index in [2.05, 4.69) is 106 Å². The largest absolute Gasteiger partial charge is 0.462 e. The second kappa shape index (κ2) is 59.2. The van der Waals surface area contributed by atoms with Crippen molar-refractivity contribution in [3.05, 3.63) is 85.1 Å². The summed E-state index contributed by atoms with van der Waals surface area (Å²) in [5.74, 6) is -0.973. The van der Waals surface area contributed by atoms with Crippen molar-refractivity contribution in [1.29, 1.82) is 0 Å². The molecule has 0 saturated heterocycles. The molecule has 0 aromatic heterocycles. The maximum absolute atomic E-state index is 12.9. The monoisotopic (exact) mass is 989 g/mol. The molecule has 0 heterocycles. The van der Waals surface area contributed by atoms with Crippen molar-refractivity contribution in [1.82, 2.24) is 0 Å². The minimum absolute atomic E-state index is 0.104. The summed E-state index contributed by atoms with van der Waals surface area (Å²) in [4.78, 5) is 38.2. The highest BCUT2D eigenvalue weighted by molar-refractivity contribution is 5.71. The van der Waals surface area contributed by atoms with Gasteiger partial charge in [0.15, 0.2) is 6.10 Å². The van der Waals surface area contributed by atoms with Gasteiger partial charge in [-0.3, -0.25) is 14.4 Å². The smallest absolute Gasteiger partial charge is 0.306 e. The second-order valence-corrected chi connectivity index (χ2v) is 19.9. The lowest BCUT2D eigenvalue weighted by atomic mass is 10.0. The Kier molecular flexibility index (Phi) is 56.3. The zero-order valence-corrected chi connectivity index (χ0v) is 46.7. The highest BCUT2D eigenvalue weighted by Crippen LogP contribution is 2.16. The Hall–Kier alpha value is -3.41. The number of hydrogen-bond acceptors (Lipinski definition) is 6. The number of hydrogen-bond donors (Lipinski definition) is 0. The first-order valence-electron chi connectivity index (χ1n) is 30.1. The van der Waals surface area contributed by atoms with E-state index in [1.165, 1.54) is 154 Å². The van der Waals surface area contributed by atoms with Crippen LogP contribution >= 0.6 is 0 Å². The first-order chi connectivity index (χ1) is 35.0. The zero-order valence-electron chi connectivity index (χ0n) is 46.7. The molecule has 6 nitrogen and oxygen atoms in total. The van der Waals surface area contributed by atoms with Crippen LogP contribution in [-0.4, -0.2) is 37.2 Å². The molecule has 71 heavy (non-hydrogen) atoms. The average Bonchev–Trinajstić information content (AvgIpc) is 3.37. The molecule has 0 aromatic rings. The third-order valence-corrected chi connectivity index (χ3v) is 12.9. The molecule has 0 fully saturated rings. The number of allylic oxidation sites excluding steroid dienone is 14. The molecule has 0 radical (unpaired) electrons. The van der Waals surface area contributed by atoms with Crippen LogP contribution < -0.4 is 0 Å². The van der Waals surface area contributed by atoms with Crippen LogP contribution in [0.2, 0.25) is 0 Å². The van der Waals surface area contributed by atoms with E-state index in [0.29, 0.717) is 19.3 Å². The minimum Gasteiger partial charge on any atom is -0.462 e. The predicted octanol–water partition coefficient (Wildman–Crippen LogP) is 20.3. The van der Waals surface area contributed by atoms with Crippen LogP contribution in [0.1, 0.15) is 290 Å². The van der Waals surface area contributed by atoms with Crippen LogP contribution in [0.4, 0.5) is 0 Å². The number of ether oxygens (including phenoxy) is 3. The van der Waals surface area contributed by atoms with E-state index < -0.39 is 6.10 Å². The van der Waals surface area contributed by atoms with Gasteiger partial charge in [0, 0.05) is 19.3 Å². The van der Waals surface area contributed by atoms with Crippen molar-refractivity contribution in [2.75, 3.05) is 13.2 Å². The molecule has 0 aliphatic carbocycles. The van der Waals surface area contributed by atoms with Gasteiger partial charge in [-0.05, 0) is 96.3 Å². The van der Waals surface area contributed by atoms with Gasteiger partial charge >= 0.3 is 17.9 Å². The van der Waals surface area contributed by atoms with E-state index in [1.807, 2.05) is 0 Å². The SMILES string of the molecule is CCCCC/C=C/C/C=C/C/C=C/C/C=C/CCCC(=O)O[C@H](COC(=O)CCCCCC/C=C/C/C=C/C/C=C/CCCCC)COC(=O)CCCCCCCCCCCCCCCCCCCCC. The molecule has 1 atom stereocenters. The Morgan fingerprint density at radius 3 is 0.859 bits per heavy atom. The van der Waals surface area contributed by atoms with Gasteiger partial charge in [-0.15, -0.1) is 0 Å². The Morgan fingerprint density at radius 1 is 0.282 bits per heavy atom. The fraction of sp³-hybridized carbons (Fsp3) is 0.738. The standard InChI is InChI=1S/C65H112O6/c1-4-7-10-13-16-19-22-25-28-31-32-35-37-40-43-46-49-52-55-58-64(67)70-61-62(71-65(68)59-56-53-50-47-44-41-38-34-30-27-24-21-18-15-12-9-6-3)60-69-63(66)57-54-51-48-45-42-39-36-33-29-26-23-20-17-14-11-8-5-2/h17-18,20-21,26-27,29-30,36,38-39,41,47,50,62H,4-16,19,22-25,28,31-35,37,40,42-46,48-49,51-61H2,1-3H3/b20-17+,21-18+,29-26+,30-27+,39-36+,41-38+,50-47+/t62-/m1/s1. The van der Waals surface area contributed by atoms with Crippen molar-refractivity contribution in [3.8, 4) is 0 Å². The Balaban J connectivity index is 4.47. The molecular formula is C65H112O6. The summed E-state index contributed by atoms with van der Waals surface area (Å²) in [6.07, 6.45) is 77.2. The zero-order chi connectivity index (χ0) is 51.4. The Labute approximate surface area is 439 Å². The summed E-state index contributed by atoms with van der Waals surface area (Å²) in [5.41, 5.74) is 0. The highest BCUT2D eigenvalue weighted by atomic mass is 16.6. The van der Waals surface area contributed by atoms with Gasteiger partial charge in [0.2, 0.25) is 0 Å². The molecule has 0 spiro atoms. The van der Waals surface area contributed by atoms with Gasteiger partial charge < -0.3 is 14.2 Å². The van der Waals surface area contributed by atoms with Gasteiger partial charge in [0.05, 0.1) is 0 Å². The molecule has 0 rings (SSSR count). The lowest BCUT2D eigenvalue weighted by molar-refractivity contribution is -0.167. The van der Waals surface area contributed by atoms with Crippen LogP contribution in [0.5, 0.6) is 0 Å². The van der Waals surface area contributed by atoms with Crippen molar-refractivity contribution in [2.45, 2.75) is 297 Å². The van der Waals surface area contributed by atoms with Crippen LogP contribution in [0.25, 0.3) is 0 Å². The highest BCUT2D eigenvalue weighted by Gasteiger charge is 2.19. The topological polar surface area (TPSA) is 78.9 Å². The lowest BCUT2D eigenvalue weighted by Crippen LogP contribution is -2.30. The van der Waals surface area contributed by atoms with E-state index in [4.69, 9.17) is 14.2 Å². The molecule has 0 N–H and O–H groups in total. The summed E-state index contributed by atoms with van der Waals surface area (Å²) in [7, 11) is 0. The van der Waals surface area contributed by atoms with Crippen molar-refractivity contribution < 1.29 is 28.6 Å². The maximum Gasteiger partial charge on any atom is 0.306 e. The number of unbranched alkanes of at least 4 members (excludes halogenated alkanes) is 29. The summed E-state index contributed by atoms with van der Waals surface area (Å²) in [6.45, 7) is 6.55. The van der Waals surface area contributed by atoms with Crippen molar-refractivity contribution in [2.24, 2.45) is 0 Å². The number of rotatable bonds is 54. The maximum atomic E-state index is 12.9. The quantitative estimate of drug-likeness (QED) is 0.0261. The molecule has 0 aliphatic rings. The summed E-state index contributed by atoms with van der Waals surface area (Å²) in [6, 6.07) is 0. The molecule has 0 amide bonds. The molecule has 0 aliphatic heterocycles. The molecular weight excluding hydrogens is 877 g/mol. The first-order valence-corrected chi connectivity index (χ1v) is 30.1. The van der Waals surface area contributed by atoms with Crippen LogP contribution in [0.3, 0.4) is 0 Å². The second-order valence-electron chi connectivity index (χ2n) is 19.9. The van der Waals surface area contributed by atoms with E-state index in [-0.39, 0.29) is 37.5 Å². The fourth-order valence-corrected chi connectivity index (χ4v) is 8.33. The molecule has 0 aromatic carbocycles. The van der Waals surface area contributed by atoms with Gasteiger partial charge in [-0.25, -0.2) is 0 Å². The average molecular weight is 990 g/mol. The van der Waals surface area contributed by atoms with E-state index in [1.54, 1.807) is 0 Å². The Bertz CT molecular complexity index is 1370. The molecule has 6 heteroatoms. The van der Waals surface area contributed by atoms with Gasteiger partial charge in [0.25, 0.3) is 0 Å². The van der Waals surface area contributed by atoms with Gasteiger partial charge in [0.1, 0.15) is 13.2 Å². The Morgan fingerprint density at radius 2 is 0.521 bits per heavy atom. The predicted molar refractivity (Wildman–Crippen MR) is 307 cm³/mol. The van der Waals surface area contributed by atoms with Crippen LogP contribution in [0.15, 0.2) is 85.1 Å². The lowest BCUT2D eigenvalue weighted by Gasteiger charge is -2.18. The molecule has 0 bridgehead atoms. The minimum atomic E-state index is -0.814. The van der Waals surface area contributed by atoms with Gasteiger partial charge in [-0.2, -0.15) is 0 Å². The van der Waals surface area contributed by atoms with E-state index >= 15 is 0 Å². The third-order valence-electron chi connectivity index (χ3n) is 12.9. The van der Waals surface area contributed by atoms with E-state index in [0.717, 1.165) is 89.9 Å². The summed E-state index contributed by atoms with van der Waals surface area (Å²) < 4.78 is 16.8. The molecule has 0 saturated carbocycles. The third kappa shape index (κ3) is 57.4. The van der Waals surface area contributed by atoms with Crippen molar-refractivity contribution >= 4 is 17.9 Å².